The third kappa shape index (κ3) is 13.0. The zero-order chi connectivity index (χ0) is 54.0. The molecular formula is C50H58N3O17S4+. The van der Waals surface area contributed by atoms with Crippen LogP contribution in [0.3, 0.4) is 0 Å². The molecular weight excluding hydrogens is 1040 g/mol. The minimum Gasteiger partial charge on any atom is -0.457 e. The molecule has 1 fully saturated rings. The molecule has 1 aliphatic carbocycles. The highest BCUT2D eigenvalue weighted by Gasteiger charge is 2.45. The van der Waals surface area contributed by atoms with Crippen LogP contribution in [0, 0.1) is 0 Å². The number of ether oxygens (including phenoxy) is 1. The zero-order valence-corrected chi connectivity index (χ0v) is 44.3. The summed E-state index contributed by atoms with van der Waals surface area (Å²) < 4.78 is 136. The van der Waals surface area contributed by atoms with E-state index in [2.05, 4.69) is 0 Å². The SMILES string of the molecule is CC1(C)C(=CC=C2CCCC(C=CC3=[N+](CCCCS(=O)(=O)O)c4ccc(OS(=O)O)cc4C3(C)C)=C2Oc2ccc(S(=O)(=O)O)cc2)N(CCCCCC(=O)ON2C(=O)CCC2=O)c2ccc(S(=O)(=O)O)cc21. The Morgan fingerprint density at radius 2 is 1.41 bits per heavy atom. The van der Waals surface area contributed by atoms with Crippen LogP contribution in [0.15, 0.2) is 117 Å². The van der Waals surface area contributed by atoms with Gasteiger partial charge in [0.05, 0.1) is 21.0 Å². The number of rotatable bonds is 21. The van der Waals surface area contributed by atoms with Crippen LogP contribution >= 0.6 is 0 Å². The van der Waals surface area contributed by atoms with Gasteiger partial charge >= 0.3 is 17.3 Å². The van der Waals surface area contributed by atoms with Crippen LogP contribution < -0.4 is 13.8 Å². The number of carbonyl (C=O) groups excluding carboxylic acids is 3. The van der Waals surface area contributed by atoms with Gasteiger partial charge in [-0.2, -0.15) is 34.0 Å². The first-order chi connectivity index (χ1) is 34.6. The van der Waals surface area contributed by atoms with E-state index in [9.17, 15) is 62.1 Å². The van der Waals surface area contributed by atoms with Crippen LogP contribution in [0.25, 0.3) is 0 Å². The Balaban J connectivity index is 1.27. The predicted octanol–water partition coefficient (Wildman–Crippen LogP) is 7.59. The lowest BCUT2D eigenvalue weighted by molar-refractivity contribution is -0.438. The Labute approximate surface area is 432 Å². The van der Waals surface area contributed by atoms with Crippen molar-refractivity contribution >= 4 is 76.6 Å². The number of hydrogen-bond acceptors (Lipinski definition) is 14. The van der Waals surface area contributed by atoms with Crippen LogP contribution in [-0.4, -0.2) is 99.6 Å². The number of benzene rings is 3. The van der Waals surface area contributed by atoms with Gasteiger partial charge in [0.15, 0.2) is 5.71 Å². The lowest BCUT2D eigenvalue weighted by atomic mass is 9.81. The summed E-state index contributed by atoms with van der Waals surface area (Å²) in [4.78, 5) is 42.9. The molecule has 3 aliphatic heterocycles. The van der Waals surface area contributed by atoms with Crippen molar-refractivity contribution in [3.63, 3.8) is 0 Å². The van der Waals surface area contributed by atoms with Crippen molar-refractivity contribution in [1.29, 1.82) is 0 Å². The van der Waals surface area contributed by atoms with Gasteiger partial charge in [-0.15, -0.1) is 5.06 Å². The number of anilines is 1. The third-order valence-corrected chi connectivity index (χ3v) is 16.2. The minimum absolute atomic E-state index is 0.0215. The van der Waals surface area contributed by atoms with E-state index in [1.54, 1.807) is 24.3 Å². The van der Waals surface area contributed by atoms with Gasteiger partial charge in [0.1, 0.15) is 23.8 Å². The van der Waals surface area contributed by atoms with Crippen molar-refractivity contribution in [2.75, 3.05) is 23.7 Å². The Bertz CT molecular complexity index is 3270. The monoisotopic (exact) mass is 1100 g/mol. The molecule has 3 heterocycles. The zero-order valence-electron chi connectivity index (χ0n) is 41.1. The smallest absolute Gasteiger partial charge is 0.357 e. The first-order valence-electron chi connectivity index (χ1n) is 23.7. The van der Waals surface area contributed by atoms with Crippen molar-refractivity contribution in [3.8, 4) is 11.5 Å². The molecule has 3 aromatic rings. The standard InChI is InChI=1S/C50H57N3O17S4/c1-49(2)39-31-36(70-71(57)58)18-22-41(39)52(29-8-9-30-72(59,60)61)43(49)24-14-33-11-10-12-34(48(33)68-35-16-19-37(20-17-35)73(62,63)64)15-25-44-50(3,4)40-32-38(74(65,66)67)21-23-42(40)51(44)28-7-5-6-13-47(56)69-53-45(54)26-27-46(53)55/h14-25,31-32H,5-13,26-30H2,1-4H3,(H3-,57,58,59,60,61,62,63,64,65,66,67)/p+1. The van der Waals surface area contributed by atoms with Crippen molar-refractivity contribution < 1.29 is 80.4 Å². The van der Waals surface area contributed by atoms with Gasteiger partial charge in [-0.1, -0.05) is 26.3 Å². The molecule has 398 valence electrons. The largest absolute Gasteiger partial charge is 0.457 e. The number of imide groups is 1. The number of nitrogens with zero attached hydrogens (tertiary/aromatic N) is 3. The second-order valence-corrected chi connectivity index (χ2v) is 24.3. The predicted molar refractivity (Wildman–Crippen MR) is 272 cm³/mol. The Morgan fingerprint density at radius 3 is 2.05 bits per heavy atom. The van der Waals surface area contributed by atoms with Gasteiger partial charge < -0.3 is 18.7 Å². The summed E-state index contributed by atoms with van der Waals surface area (Å²) in [6.07, 6.45) is 11.3. The Hall–Kier alpha value is -5.86. The molecule has 3 aromatic carbocycles. The third-order valence-electron chi connectivity index (χ3n) is 13.4. The molecule has 0 radical (unpaired) electrons. The average Bonchev–Trinajstić information content (AvgIpc) is 3.82. The minimum atomic E-state index is -4.57. The maximum absolute atomic E-state index is 12.5. The highest BCUT2D eigenvalue weighted by Crippen LogP contribution is 2.49. The normalized spacial score (nSPS) is 19.2. The van der Waals surface area contributed by atoms with E-state index in [0.29, 0.717) is 80.1 Å². The summed E-state index contributed by atoms with van der Waals surface area (Å²) >= 11 is -2.59. The van der Waals surface area contributed by atoms with E-state index in [1.165, 1.54) is 36.4 Å². The van der Waals surface area contributed by atoms with E-state index < -0.39 is 76.1 Å². The maximum Gasteiger partial charge on any atom is 0.357 e. The van der Waals surface area contributed by atoms with Crippen LogP contribution in [0.5, 0.6) is 11.5 Å². The lowest BCUT2D eigenvalue weighted by Crippen LogP contribution is -2.32. The molecule has 20 nitrogen and oxygen atoms in total. The van der Waals surface area contributed by atoms with E-state index in [0.717, 1.165) is 33.8 Å². The first-order valence-corrected chi connectivity index (χ1v) is 29.3. The summed E-state index contributed by atoms with van der Waals surface area (Å²) in [5, 5.41) is 0.512. The van der Waals surface area contributed by atoms with Crippen molar-refractivity contribution in [2.45, 2.75) is 119 Å². The number of amides is 2. The van der Waals surface area contributed by atoms with Crippen molar-refractivity contribution in [2.24, 2.45) is 0 Å². The molecule has 0 aromatic heterocycles. The summed E-state index contributed by atoms with van der Waals surface area (Å²) in [6.45, 7) is 8.53. The van der Waals surface area contributed by atoms with Gasteiger partial charge in [-0.3, -0.25) is 27.8 Å². The molecule has 4 N–H and O–H groups in total. The van der Waals surface area contributed by atoms with Crippen LogP contribution in [0.4, 0.5) is 11.4 Å². The van der Waals surface area contributed by atoms with Gasteiger partial charge in [0.2, 0.25) is 5.69 Å². The second-order valence-electron chi connectivity index (χ2n) is 19.3. The highest BCUT2D eigenvalue weighted by molar-refractivity contribution is 7.86. The maximum atomic E-state index is 12.5. The summed E-state index contributed by atoms with van der Waals surface area (Å²) in [7, 11) is -13.3. The topological polar surface area (TPSA) is 289 Å². The van der Waals surface area contributed by atoms with E-state index in [4.69, 9.17) is 13.8 Å². The molecule has 1 atom stereocenters. The molecule has 1 saturated heterocycles. The van der Waals surface area contributed by atoms with Gasteiger partial charge in [0.25, 0.3) is 42.2 Å². The molecule has 7 rings (SSSR count). The molecule has 4 aliphatic rings. The number of allylic oxidation sites excluding steroid dienone is 7. The van der Waals surface area contributed by atoms with Crippen LogP contribution in [-0.2, 0) is 71.8 Å². The number of hydroxylamine groups is 2. The number of hydrogen-bond donors (Lipinski definition) is 4. The average molecular weight is 1100 g/mol. The number of fused-ring (bicyclic) bond motifs is 2. The van der Waals surface area contributed by atoms with Gasteiger partial charge in [-0.05, 0) is 136 Å². The Morgan fingerprint density at radius 1 is 0.743 bits per heavy atom. The van der Waals surface area contributed by atoms with E-state index in [1.807, 2.05) is 61.5 Å². The van der Waals surface area contributed by atoms with Crippen LogP contribution in [0.2, 0.25) is 0 Å². The molecule has 0 spiro atoms. The molecule has 0 bridgehead atoms. The summed E-state index contributed by atoms with van der Waals surface area (Å²) in [5.41, 5.74) is 4.28. The van der Waals surface area contributed by atoms with Crippen molar-refractivity contribution in [3.05, 3.63) is 119 Å². The molecule has 74 heavy (non-hydrogen) atoms. The molecule has 1 unspecified atom stereocenters. The Kier molecular flexibility index (Phi) is 16.7. The highest BCUT2D eigenvalue weighted by atomic mass is 32.2. The van der Waals surface area contributed by atoms with Crippen molar-refractivity contribution in [1.82, 2.24) is 5.06 Å². The molecule has 0 saturated carbocycles. The number of carbonyl (C=O) groups is 3. The molecule has 24 heteroatoms. The van der Waals surface area contributed by atoms with Gasteiger partial charge in [0, 0.05) is 66.7 Å². The molecule has 2 amide bonds. The second kappa shape index (κ2) is 22.2. The fourth-order valence-corrected chi connectivity index (χ4v) is 11.5. The quantitative estimate of drug-likeness (QED) is 0.0263. The first kappa shape index (κ1) is 55.9. The fourth-order valence-electron chi connectivity index (χ4n) is 9.67. The summed E-state index contributed by atoms with van der Waals surface area (Å²) in [6, 6.07) is 14.6. The van der Waals surface area contributed by atoms with Crippen LogP contribution in [0.1, 0.15) is 109 Å². The fraction of sp³-hybridized carbons (Fsp3) is 0.400. The van der Waals surface area contributed by atoms with E-state index in [-0.39, 0.29) is 47.0 Å². The van der Waals surface area contributed by atoms with E-state index >= 15 is 0 Å². The lowest BCUT2D eigenvalue weighted by Gasteiger charge is -2.27. The van der Waals surface area contributed by atoms with Gasteiger partial charge in [-0.25, -0.2) is 4.79 Å². The number of unbranched alkanes of at least 4 members (excludes halogenated alkanes) is 3. The summed E-state index contributed by atoms with van der Waals surface area (Å²) in [5.74, 6) is -1.43.